The fourth-order valence-electron chi connectivity index (χ4n) is 14.2. The van der Waals surface area contributed by atoms with E-state index in [0.29, 0.717) is 67.9 Å². The average molecular weight is 1710 g/mol. The molecule has 1 unspecified atom stereocenters. The van der Waals surface area contributed by atoms with Crippen LogP contribution in [0.5, 0.6) is 23.0 Å². The zero-order valence-corrected chi connectivity index (χ0v) is 68.0. The Labute approximate surface area is 717 Å². The molecule has 125 heavy (non-hydrogen) atoms. The highest BCUT2D eigenvalue weighted by atomic mass is 19.4. The lowest BCUT2D eigenvalue weighted by molar-refractivity contribution is -0.274. The van der Waals surface area contributed by atoms with E-state index in [2.05, 4.69) is 40.9 Å². The summed E-state index contributed by atoms with van der Waals surface area (Å²) in [5.41, 5.74) is 9.42. The normalized spacial score (nSPS) is 12.0. The molecule has 0 bridgehead atoms. The maximum absolute atomic E-state index is 13.5. The van der Waals surface area contributed by atoms with Crippen LogP contribution in [0.3, 0.4) is 0 Å². The van der Waals surface area contributed by atoms with Gasteiger partial charge in [0.2, 0.25) is 5.95 Å². The second kappa shape index (κ2) is 46.4. The molecule has 0 radical (unpaired) electrons. The number of halogens is 11. The fraction of sp³-hybridized carbons (Fsp3) is 0.200. The molecule has 644 valence electrons. The number of carbonyl (C=O) groups excluding carboxylic acids is 4. The van der Waals surface area contributed by atoms with Gasteiger partial charge in [-0.2, -0.15) is 4.39 Å². The van der Waals surface area contributed by atoms with Crippen molar-refractivity contribution in [2.45, 2.75) is 75.0 Å². The van der Waals surface area contributed by atoms with E-state index >= 15 is 0 Å². The van der Waals surface area contributed by atoms with Gasteiger partial charge in [0.25, 0.3) is 23.6 Å². The Morgan fingerprint density at radius 3 is 1.02 bits per heavy atom. The minimum absolute atomic E-state index is 0.0156. The van der Waals surface area contributed by atoms with Crippen molar-refractivity contribution in [2.24, 2.45) is 0 Å². The van der Waals surface area contributed by atoms with Crippen LogP contribution >= 0.6 is 0 Å². The summed E-state index contributed by atoms with van der Waals surface area (Å²) in [5.74, 6) is -3.34. The van der Waals surface area contributed by atoms with Crippen LogP contribution in [0.2, 0.25) is 0 Å². The molecule has 25 heteroatoms. The van der Waals surface area contributed by atoms with E-state index < -0.39 is 41.5 Å². The number of hydrogen-bond acceptors (Lipinski definition) is 10. The largest absolute Gasteiger partial charge is 0.573 e. The van der Waals surface area contributed by atoms with E-state index in [9.17, 15) is 67.5 Å². The lowest BCUT2D eigenvalue weighted by atomic mass is 9.88. The number of likely N-dealkylation sites (tertiary alicyclic amines) is 1. The summed E-state index contributed by atoms with van der Waals surface area (Å²) in [6, 6.07) is 78.2. The molecule has 11 aromatic carbocycles. The first-order chi connectivity index (χ1) is 60.4. The van der Waals surface area contributed by atoms with Gasteiger partial charge in [-0.05, 0) is 260 Å². The van der Waals surface area contributed by atoms with Crippen LogP contribution in [-0.2, 0) is 6.42 Å². The molecular weight excluding hydrogens is 1620 g/mol. The summed E-state index contributed by atoms with van der Waals surface area (Å²) < 4.78 is 158. The van der Waals surface area contributed by atoms with Gasteiger partial charge in [0, 0.05) is 104 Å². The molecule has 14 rings (SSSR count). The van der Waals surface area contributed by atoms with Crippen molar-refractivity contribution in [3.63, 3.8) is 0 Å². The number of hydrogen-bond donors (Lipinski definition) is 4. The van der Waals surface area contributed by atoms with Gasteiger partial charge in [0.05, 0.1) is 12.7 Å². The average Bonchev–Trinajstić information content (AvgIpc) is 1.30. The van der Waals surface area contributed by atoms with E-state index in [1.807, 2.05) is 66.7 Å². The molecule has 1 fully saturated rings. The van der Waals surface area contributed by atoms with E-state index in [0.717, 1.165) is 87.1 Å². The molecule has 1 aliphatic rings. The van der Waals surface area contributed by atoms with Crippen molar-refractivity contribution in [1.82, 2.24) is 36.1 Å². The number of para-hydroxylation sites is 1. The monoisotopic (exact) mass is 1710 g/mol. The van der Waals surface area contributed by atoms with Crippen molar-refractivity contribution >= 4 is 23.6 Å². The van der Waals surface area contributed by atoms with Gasteiger partial charge in [0.15, 0.2) is 0 Å². The number of nitrogens with one attached hydrogen (secondary N) is 4. The summed E-state index contributed by atoms with van der Waals surface area (Å²) in [6.45, 7) is 4.75. The van der Waals surface area contributed by atoms with Gasteiger partial charge in [-0.1, -0.05) is 127 Å². The number of carbonyl (C=O) groups is 4. The summed E-state index contributed by atoms with van der Waals surface area (Å²) in [4.78, 5) is 60.3. The lowest BCUT2D eigenvalue weighted by Gasteiger charge is -2.19. The molecule has 0 spiro atoms. The highest BCUT2D eigenvalue weighted by Crippen LogP contribution is 2.34. The number of rotatable bonds is 31. The fourth-order valence-corrected chi connectivity index (χ4v) is 14.2. The van der Waals surface area contributed by atoms with Gasteiger partial charge in [-0.15, -0.1) is 13.2 Å². The van der Waals surface area contributed by atoms with Crippen LogP contribution in [0.1, 0.15) is 154 Å². The number of methoxy groups -OCH3 is 1. The van der Waals surface area contributed by atoms with E-state index in [1.54, 1.807) is 123 Å². The van der Waals surface area contributed by atoms with Crippen molar-refractivity contribution < 1.29 is 81.7 Å². The van der Waals surface area contributed by atoms with Gasteiger partial charge >= 0.3 is 6.36 Å². The van der Waals surface area contributed by atoms with Crippen LogP contribution < -0.4 is 35.5 Å². The number of aromatic nitrogens is 2. The standard InChI is InChI=1S/C28H23F2NO2.C28H32FN3O2.C23H18F5NO2.C21H17F3N2O/c29-23-13-9-20(10-14-23)27(21-11-15-24(30)16-12-21)17-18-31-28(32)22-5-4-8-26(19-22)33-25-6-2-1-3-7-25;1-34-26-12-7-22(8-13-26)27(21-4-9-24(29)10-5-21)14-16-30-28(33)23-6-11-25(31-20-23)15-19-32-17-2-3-18-32;24-18-8-4-15(5-9-18)21(16-6-10-19(25)11-7-16)12-13-29-22(30)17-2-1-3-20(14-17)31-23(26,27)28;22-17-5-1-14(2-6-17)19(15-3-7-18(23)8-4-15)10-12-26-21(27)16-9-11-25-20(24)13-16/h1-16,19,27H,17-18H2,(H,31,32);4-13,20,27H,2-3,14-19H2,1H3,(H,30,33);1-11,14,21H,12-13H2,(H,29,30);1-9,11,13,19H,10,12H2,(H,26,27). The lowest BCUT2D eigenvalue weighted by Crippen LogP contribution is -2.26. The molecule has 1 atom stereocenters. The molecular formula is C100H90F11N7O7. The summed E-state index contributed by atoms with van der Waals surface area (Å²) in [7, 11) is 1.64. The minimum atomic E-state index is -4.85. The summed E-state index contributed by atoms with van der Waals surface area (Å²) in [6.07, 6.45) is 3.68. The van der Waals surface area contributed by atoms with Crippen LogP contribution in [-0.4, -0.2) is 97.8 Å². The van der Waals surface area contributed by atoms with Crippen molar-refractivity contribution in [3.05, 3.63) is 429 Å². The number of alkyl halides is 3. The Morgan fingerprint density at radius 1 is 0.352 bits per heavy atom. The Balaban J connectivity index is 0.000000163. The van der Waals surface area contributed by atoms with Crippen LogP contribution in [0.25, 0.3) is 0 Å². The number of nitrogens with zero attached hydrogens (tertiary/aromatic N) is 3. The van der Waals surface area contributed by atoms with Crippen LogP contribution in [0.4, 0.5) is 48.3 Å². The Kier molecular flexibility index (Phi) is 34.2. The van der Waals surface area contributed by atoms with Gasteiger partial charge in [-0.3, -0.25) is 24.2 Å². The third-order valence-corrected chi connectivity index (χ3v) is 20.7. The zero-order valence-electron chi connectivity index (χ0n) is 68.0. The number of benzene rings is 11. The van der Waals surface area contributed by atoms with Crippen molar-refractivity contribution in [2.75, 3.05) is 52.9 Å². The highest BCUT2D eigenvalue weighted by molar-refractivity contribution is 5.96. The molecule has 4 amide bonds. The molecule has 2 aromatic heterocycles. The minimum Gasteiger partial charge on any atom is -0.497 e. The first-order valence-electron chi connectivity index (χ1n) is 40.5. The second-order valence-corrected chi connectivity index (χ2v) is 29.2. The SMILES string of the molecule is COc1ccc(C(CCNC(=O)c2ccc(CCN3CCCC3)nc2)c2ccc(F)cc2)cc1.O=C(NCCC(c1ccc(F)cc1)c1ccc(F)cc1)c1cccc(OC(F)(F)F)c1.O=C(NCCC(c1ccc(F)cc1)c1ccc(F)cc1)c1cccc(Oc2ccccc2)c1.O=C(NCCC(c1ccc(F)cc1)c1ccc(F)cc1)c1ccnc(F)c1. The molecule has 13 aromatic rings. The molecule has 3 heterocycles. The number of pyridine rings is 2. The number of amides is 4. The topological polar surface area (TPSA) is 173 Å². The Hall–Kier alpha value is -13.8. The maximum Gasteiger partial charge on any atom is 0.573 e. The number of ether oxygens (including phenoxy) is 3. The summed E-state index contributed by atoms with van der Waals surface area (Å²) >= 11 is 0. The van der Waals surface area contributed by atoms with Gasteiger partial charge in [-0.25, -0.2) is 35.7 Å². The van der Waals surface area contributed by atoms with Crippen molar-refractivity contribution in [1.29, 1.82) is 0 Å². The molecule has 14 nitrogen and oxygen atoms in total. The first kappa shape index (κ1) is 91.9. The van der Waals surface area contributed by atoms with Crippen molar-refractivity contribution in [3.8, 4) is 23.0 Å². The summed E-state index contributed by atoms with van der Waals surface area (Å²) in [5, 5.41) is 11.3. The van der Waals surface area contributed by atoms with E-state index in [1.165, 1.54) is 135 Å². The second-order valence-electron chi connectivity index (χ2n) is 29.2. The Bertz CT molecular complexity index is 5420. The maximum atomic E-state index is 13.5. The molecule has 0 saturated carbocycles. The van der Waals surface area contributed by atoms with E-state index in [4.69, 9.17) is 9.47 Å². The smallest absolute Gasteiger partial charge is 0.497 e. The van der Waals surface area contributed by atoms with Gasteiger partial charge in [0.1, 0.15) is 63.7 Å². The molecule has 0 aliphatic carbocycles. The first-order valence-corrected chi connectivity index (χ1v) is 40.5. The predicted octanol–water partition coefficient (Wildman–Crippen LogP) is 21.8. The highest BCUT2D eigenvalue weighted by Gasteiger charge is 2.32. The predicted molar refractivity (Wildman–Crippen MR) is 457 cm³/mol. The van der Waals surface area contributed by atoms with Gasteiger partial charge < -0.3 is 40.4 Å². The zero-order chi connectivity index (χ0) is 88.5. The van der Waals surface area contributed by atoms with Crippen LogP contribution in [0, 0.1) is 46.7 Å². The Morgan fingerprint density at radius 2 is 0.680 bits per heavy atom. The third kappa shape index (κ3) is 29.5. The molecule has 1 aliphatic heterocycles. The van der Waals surface area contributed by atoms with Crippen LogP contribution in [0.15, 0.2) is 310 Å². The quantitative estimate of drug-likeness (QED) is 0.0242. The van der Waals surface area contributed by atoms with E-state index in [-0.39, 0.29) is 82.2 Å². The molecule has 4 N–H and O–H groups in total. The third-order valence-electron chi connectivity index (χ3n) is 20.7. The molecule has 1 saturated heterocycles.